The maximum Gasteiger partial charge on any atom is 0.212 e. The van der Waals surface area contributed by atoms with E-state index in [2.05, 4.69) is 31.3 Å². The number of aryl methyl sites for hydroxylation is 1. The molecule has 10 heteroatoms. The average Bonchev–Trinajstić information content (AvgIpc) is 3.36. The van der Waals surface area contributed by atoms with Crippen molar-refractivity contribution >= 4 is 23.1 Å². The molecule has 4 N–H and O–H groups in total. The first-order valence-electron chi connectivity index (χ1n) is 11.1. The Morgan fingerprint density at radius 3 is 2.77 bits per heavy atom. The number of methoxy groups -OCH3 is 2. The van der Waals surface area contributed by atoms with E-state index in [1.807, 2.05) is 43.3 Å². The van der Waals surface area contributed by atoms with Gasteiger partial charge < -0.3 is 25.5 Å². The quantitative estimate of drug-likeness (QED) is 0.375. The van der Waals surface area contributed by atoms with Crippen LogP contribution in [0.2, 0.25) is 0 Å². The van der Waals surface area contributed by atoms with E-state index in [-0.39, 0.29) is 0 Å². The van der Waals surface area contributed by atoms with E-state index in [9.17, 15) is 0 Å². The zero-order valence-electron chi connectivity index (χ0n) is 19.7. The lowest BCUT2D eigenvalue weighted by Crippen LogP contribution is -2.47. The summed E-state index contributed by atoms with van der Waals surface area (Å²) in [5, 5.41) is 3.44. The van der Waals surface area contributed by atoms with E-state index in [4.69, 9.17) is 25.2 Å². The first-order chi connectivity index (χ1) is 17.0. The third-order valence-corrected chi connectivity index (χ3v) is 6.06. The predicted molar refractivity (Wildman–Crippen MR) is 134 cm³/mol. The van der Waals surface area contributed by atoms with Gasteiger partial charge in [-0.05, 0) is 30.2 Å². The third-order valence-electron chi connectivity index (χ3n) is 6.06. The number of nitrogens with two attached hydrogens (primary N) is 1. The lowest BCUT2D eigenvalue weighted by Gasteiger charge is -2.37. The van der Waals surface area contributed by atoms with Crippen LogP contribution in [-0.4, -0.2) is 58.1 Å². The molecule has 0 amide bonds. The number of nitrogens with one attached hydrogen (secondary N) is 2. The Hall–Kier alpha value is -4.31. The number of H-pyrrole nitrogens is 1. The number of anilines is 1. The standard InChI is InChI=1S/C25H26N8O2/c1-15-32-22(21-23(33-15)31-14-30-21)25(17-7-8-20(35-3)28-13-17)10-16(12-29-24(25)26)11-27-18-5-4-6-19(9-18)34-2/h4-10,12-14,24,27H,11,26H2,1-3H3,(H,30,31,32,33). The zero-order chi connectivity index (χ0) is 24.4. The van der Waals surface area contributed by atoms with Gasteiger partial charge in [0.15, 0.2) is 5.65 Å². The fourth-order valence-electron chi connectivity index (χ4n) is 4.33. The molecule has 2 unspecified atom stereocenters. The van der Waals surface area contributed by atoms with E-state index < -0.39 is 11.6 Å². The van der Waals surface area contributed by atoms with Crippen LogP contribution >= 0.6 is 0 Å². The summed E-state index contributed by atoms with van der Waals surface area (Å²) in [6, 6.07) is 11.5. The molecule has 4 heterocycles. The van der Waals surface area contributed by atoms with Gasteiger partial charge in [-0.3, -0.25) is 4.99 Å². The zero-order valence-corrected chi connectivity index (χ0v) is 19.7. The summed E-state index contributed by atoms with van der Waals surface area (Å²) in [6.45, 7) is 2.36. The summed E-state index contributed by atoms with van der Waals surface area (Å²) in [7, 11) is 3.23. The van der Waals surface area contributed by atoms with Crippen LogP contribution in [0.5, 0.6) is 11.6 Å². The second-order valence-corrected chi connectivity index (χ2v) is 8.21. The number of fused-ring (bicyclic) bond motifs is 1. The van der Waals surface area contributed by atoms with Gasteiger partial charge in [0.05, 0.1) is 31.7 Å². The molecule has 178 valence electrons. The van der Waals surface area contributed by atoms with Crippen molar-refractivity contribution in [3.8, 4) is 11.6 Å². The SMILES string of the molecule is COc1cccc(NCC2=CC(c3ccc(OC)nc3)(c3nc(C)nc4nc[nH]c34)C(N)N=C2)c1. The number of dihydropyridines is 1. The summed E-state index contributed by atoms with van der Waals surface area (Å²) in [6.07, 6.45) is 6.60. The molecule has 0 fully saturated rings. The number of imidazole rings is 1. The highest BCUT2D eigenvalue weighted by molar-refractivity contribution is 5.84. The number of nitrogens with zero attached hydrogens (tertiary/aromatic N) is 5. The number of benzene rings is 1. The fraction of sp³-hybridized carbons (Fsp3) is 0.240. The van der Waals surface area contributed by atoms with E-state index in [0.29, 0.717) is 35.1 Å². The molecule has 3 aromatic heterocycles. The van der Waals surface area contributed by atoms with Crippen molar-refractivity contribution in [3.63, 3.8) is 0 Å². The Kier molecular flexibility index (Phi) is 5.87. The minimum absolute atomic E-state index is 0.506. The summed E-state index contributed by atoms with van der Waals surface area (Å²) in [4.78, 5) is 26.0. The predicted octanol–water partition coefficient (Wildman–Crippen LogP) is 2.77. The van der Waals surface area contributed by atoms with E-state index in [0.717, 1.165) is 22.6 Å². The third kappa shape index (κ3) is 4.08. The Morgan fingerprint density at radius 2 is 2.00 bits per heavy atom. The maximum absolute atomic E-state index is 6.73. The van der Waals surface area contributed by atoms with Gasteiger partial charge in [0, 0.05) is 36.8 Å². The van der Waals surface area contributed by atoms with Crippen LogP contribution in [-0.2, 0) is 5.41 Å². The van der Waals surface area contributed by atoms with Crippen LogP contribution in [0, 0.1) is 6.92 Å². The molecular weight excluding hydrogens is 444 g/mol. The van der Waals surface area contributed by atoms with Crippen molar-refractivity contribution in [2.24, 2.45) is 10.7 Å². The molecule has 10 nitrogen and oxygen atoms in total. The van der Waals surface area contributed by atoms with Gasteiger partial charge in [-0.1, -0.05) is 18.2 Å². The van der Waals surface area contributed by atoms with Crippen molar-refractivity contribution < 1.29 is 9.47 Å². The topological polar surface area (TPSA) is 136 Å². The van der Waals surface area contributed by atoms with Crippen LogP contribution in [0.3, 0.4) is 0 Å². The molecule has 5 rings (SSSR count). The molecule has 35 heavy (non-hydrogen) atoms. The number of hydrogen-bond donors (Lipinski definition) is 3. The first kappa shape index (κ1) is 22.5. The number of ether oxygens (including phenoxy) is 2. The minimum atomic E-state index is -0.919. The van der Waals surface area contributed by atoms with Crippen LogP contribution < -0.4 is 20.5 Å². The molecule has 1 aliphatic rings. The molecule has 1 aliphatic heterocycles. The summed E-state index contributed by atoms with van der Waals surface area (Å²) < 4.78 is 10.6. The largest absolute Gasteiger partial charge is 0.497 e. The smallest absolute Gasteiger partial charge is 0.212 e. The van der Waals surface area contributed by atoms with Crippen LogP contribution in [0.4, 0.5) is 5.69 Å². The summed E-state index contributed by atoms with van der Waals surface area (Å²) in [5.41, 5.74) is 10.5. The van der Waals surface area contributed by atoms with Crippen LogP contribution in [0.1, 0.15) is 17.1 Å². The molecule has 0 saturated carbocycles. The number of aliphatic imine (C=N–C) groups is 1. The highest BCUT2D eigenvalue weighted by Gasteiger charge is 2.44. The van der Waals surface area contributed by atoms with Gasteiger partial charge in [0.2, 0.25) is 5.88 Å². The van der Waals surface area contributed by atoms with Crippen LogP contribution in [0.25, 0.3) is 11.2 Å². The molecule has 4 aromatic rings. The Labute approximate surface area is 202 Å². The summed E-state index contributed by atoms with van der Waals surface area (Å²) >= 11 is 0. The number of aromatic amines is 1. The van der Waals surface area contributed by atoms with Gasteiger partial charge in [-0.2, -0.15) is 0 Å². The fourth-order valence-corrected chi connectivity index (χ4v) is 4.33. The molecule has 0 saturated heterocycles. The van der Waals surface area contributed by atoms with Gasteiger partial charge in [0.1, 0.15) is 23.3 Å². The van der Waals surface area contributed by atoms with E-state index in [1.165, 1.54) is 0 Å². The van der Waals surface area contributed by atoms with E-state index in [1.54, 1.807) is 33.0 Å². The van der Waals surface area contributed by atoms with Gasteiger partial charge >= 0.3 is 0 Å². The van der Waals surface area contributed by atoms with Crippen molar-refractivity contribution in [1.82, 2.24) is 24.9 Å². The van der Waals surface area contributed by atoms with Crippen LogP contribution in [0.15, 0.2) is 65.6 Å². The highest BCUT2D eigenvalue weighted by atomic mass is 16.5. The van der Waals surface area contributed by atoms with Gasteiger partial charge in [0.25, 0.3) is 0 Å². The molecule has 0 spiro atoms. The van der Waals surface area contributed by atoms with Crippen molar-refractivity contribution in [2.75, 3.05) is 26.1 Å². The second-order valence-electron chi connectivity index (χ2n) is 8.21. The molecule has 0 bridgehead atoms. The Balaban J connectivity index is 1.63. The Morgan fingerprint density at radius 1 is 1.11 bits per heavy atom. The number of rotatable bonds is 7. The van der Waals surface area contributed by atoms with Crippen molar-refractivity contribution in [1.29, 1.82) is 0 Å². The van der Waals surface area contributed by atoms with Crippen molar-refractivity contribution in [3.05, 3.63) is 77.7 Å². The summed E-state index contributed by atoms with van der Waals surface area (Å²) in [5.74, 6) is 1.87. The number of aromatic nitrogens is 5. The number of hydrogen-bond acceptors (Lipinski definition) is 9. The lowest BCUT2D eigenvalue weighted by atomic mass is 9.72. The van der Waals surface area contributed by atoms with Crippen molar-refractivity contribution in [2.45, 2.75) is 18.5 Å². The molecule has 2 atom stereocenters. The second kappa shape index (κ2) is 9.15. The van der Waals surface area contributed by atoms with E-state index >= 15 is 0 Å². The first-order valence-corrected chi connectivity index (χ1v) is 11.1. The maximum atomic E-state index is 6.73. The lowest BCUT2D eigenvalue weighted by molar-refractivity contribution is 0.396. The number of pyridine rings is 1. The normalized spacial score (nSPS) is 19.4. The Bertz CT molecular complexity index is 1410. The monoisotopic (exact) mass is 470 g/mol. The van der Waals surface area contributed by atoms with Gasteiger partial charge in [-0.15, -0.1) is 0 Å². The van der Waals surface area contributed by atoms with Gasteiger partial charge in [-0.25, -0.2) is 19.9 Å². The molecule has 1 aromatic carbocycles. The average molecular weight is 471 g/mol. The molecule has 0 aliphatic carbocycles. The minimum Gasteiger partial charge on any atom is -0.497 e. The molecular formula is C25H26N8O2. The molecule has 0 radical (unpaired) electrons. The highest BCUT2D eigenvalue weighted by Crippen LogP contribution is 2.41.